The molecule has 1 unspecified atom stereocenters. The molecule has 0 saturated carbocycles. The van der Waals surface area contributed by atoms with Gasteiger partial charge in [-0.3, -0.25) is 4.79 Å². The average Bonchev–Trinajstić information content (AvgIpc) is 2.62. The zero-order valence-electron chi connectivity index (χ0n) is 12.2. The number of hydrogen-bond donors (Lipinski definition) is 2. The first-order chi connectivity index (χ1) is 9.70. The number of para-hydroxylation sites is 1. The van der Waals surface area contributed by atoms with Crippen molar-refractivity contribution < 1.29 is 9.53 Å². The number of ether oxygens (including phenoxy) is 1. The fourth-order valence-corrected chi connectivity index (χ4v) is 2.48. The summed E-state index contributed by atoms with van der Waals surface area (Å²) in [6.45, 7) is 5.43. The van der Waals surface area contributed by atoms with Crippen molar-refractivity contribution in [2.45, 2.75) is 19.5 Å². The van der Waals surface area contributed by atoms with Crippen molar-refractivity contribution in [2.75, 3.05) is 38.3 Å². The molecular weight excluding hydrogens is 254 g/mol. The Morgan fingerprint density at radius 3 is 3.10 bits per heavy atom. The van der Waals surface area contributed by atoms with E-state index >= 15 is 0 Å². The molecule has 20 heavy (non-hydrogen) atoms. The third kappa shape index (κ3) is 3.95. The predicted octanol–water partition coefficient (Wildman–Crippen LogP) is 0.747. The standard InChI is InChI=1S/C15H23N3O2/c1-12(11-20-2)17-15(19)10-18-8-7-16-9-13-5-3-4-6-14(13)18/h3-6,12,16H,7-11H2,1-2H3,(H,17,19). The maximum absolute atomic E-state index is 12.1. The number of carbonyl (C=O) groups is 1. The molecule has 1 heterocycles. The average molecular weight is 277 g/mol. The summed E-state index contributed by atoms with van der Waals surface area (Å²) in [5.41, 5.74) is 2.38. The Morgan fingerprint density at radius 1 is 1.50 bits per heavy atom. The van der Waals surface area contributed by atoms with Crippen molar-refractivity contribution in [1.82, 2.24) is 10.6 Å². The second-order valence-corrected chi connectivity index (χ2v) is 5.15. The maximum atomic E-state index is 12.1. The van der Waals surface area contributed by atoms with Gasteiger partial charge in [0.05, 0.1) is 13.2 Å². The fourth-order valence-electron chi connectivity index (χ4n) is 2.48. The van der Waals surface area contributed by atoms with E-state index < -0.39 is 0 Å². The number of amides is 1. The van der Waals surface area contributed by atoms with Crippen molar-refractivity contribution in [3.05, 3.63) is 29.8 Å². The lowest BCUT2D eigenvalue weighted by atomic mass is 10.1. The number of benzene rings is 1. The van der Waals surface area contributed by atoms with Crippen LogP contribution in [0.2, 0.25) is 0 Å². The van der Waals surface area contributed by atoms with Crippen LogP contribution in [0.25, 0.3) is 0 Å². The van der Waals surface area contributed by atoms with Gasteiger partial charge in [-0.15, -0.1) is 0 Å². The number of hydrogen-bond acceptors (Lipinski definition) is 4. The lowest BCUT2D eigenvalue weighted by molar-refractivity contribution is -0.120. The third-order valence-corrected chi connectivity index (χ3v) is 3.36. The first-order valence-electron chi connectivity index (χ1n) is 7.02. The minimum absolute atomic E-state index is 0.0336. The summed E-state index contributed by atoms with van der Waals surface area (Å²) in [6.07, 6.45) is 0. The Kier molecular flexibility index (Phi) is 5.38. The molecule has 5 nitrogen and oxygen atoms in total. The van der Waals surface area contributed by atoms with Gasteiger partial charge in [-0.2, -0.15) is 0 Å². The zero-order valence-corrected chi connectivity index (χ0v) is 12.2. The van der Waals surface area contributed by atoms with Gasteiger partial charge >= 0.3 is 0 Å². The minimum atomic E-state index is 0.0336. The number of carbonyl (C=O) groups excluding carboxylic acids is 1. The summed E-state index contributed by atoms with van der Waals surface area (Å²) in [7, 11) is 1.64. The van der Waals surface area contributed by atoms with E-state index in [-0.39, 0.29) is 11.9 Å². The molecule has 0 aromatic heterocycles. The van der Waals surface area contributed by atoms with Gasteiger partial charge in [-0.1, -0.05) is 18.2 Å². The van der Waals surface area contributed by atoms with E-state index in [0.717, 1.165) is 25.3 Å². The van der Waals surface area contributed by atoms with Gasteiger partial charge in [0.1, 0.15) is 0 Å². The monoisotopic (exact) mass is 277 g/mol. The minimum Gasteiger partial charge on any atom is -0.383 e. The highest BCUT2D eigenvalue weighted by molar-refractivity contribution is 5.82. The second kappa shape index (κ2) is 7.26. The van der Waals surface area contributed by atoms with Crippen LogP contribution in [0.1, 0.15) is 12.5 Å². The van der Waals surface area contributed by atoms with Crippen molar-refractivity contribution in [2.24, 2.45) is 0 Å². The van der Waals surface area contributed by atoms with E-state index in [4.69, 9.17) is 4.74 Å². The SMILES string of the molecule is COCC(C)NC(=O)CN1CCNCc2ccccc21. The highest BCUT2D eigenvalue weighted by Gasteiger charge is 2.17. The maximum Gasteiger partial charge on any atom is 0.239 e. The van der Waals surface area contributed by atoms with Crippen LogP contribution in [-0.2, 0) is 16.1 Å². The van der Waals surface area contributed by atoms with Gasteiger partial charge in [0.2, 0.25) is 5.91 Å². The Morgan fingerprint density at radius 2 is 2.30 bits per heavy atom. The molecule has 0 aliphatic carbocycles. The topological polar surface area (TPSA) is 53.6 Å². The summed E-state index contributed by atoms with van der Waals surface area (Å²) in [5, 5.41) is 6.33. The molecule has 0 saturated heterocycles. The molecule has 1 aromatic rings. The summed E-state index contributed by atoms with van der Waals surface area (Å²) >= 11 is 0. The van der Waals surface area contributed by atoms with Gasteiger partial charge in [-0.25, -0.2) is 0 Å². The number of methoxy groups -OCH3 is 1. The molecule has 1 amide bonds. The molecule has 5 heteroatoms. The Bertz CT molecular complexity index is 450. The lowest BCUT2D eigenvalue weighted by Gasteiger charge is -2.24. The van der Waals surface area contributed by atoms with E-state index in [2.05, 4.69) is 27.7 Å². The van der Waals surface area contributed by atoms with Crippen LogP contribution < -0.4 is 15.5 Å². The van der Waals surface area contributed by atoms with Crippen molar-refractivity contribution in [1.29, 1.82) is 0 Å². The second-order valence-electron chi connectivity index (χ2n) is 5.15. The first kappa shape index (κ1) is 14.8. The summed E-state index contributed by atoms with van der Waals surface area (Å²) in [5.74, 6) is 0.0336. The molecule has 0 radical (unpaired) electrons. The Balaban J connectivity index is 2.00. The van der Waals surface area contributed by atoms with Crippen LogP contribution in [0.4, 0.5) is 5.69 Å². The van der Waals surface area contributed by atoms with E-state index in [1.165, 1.54) is 5.56 Å². The first-order valence-corrected chi connectivity index (χ1v) is 7.02. The van der Waals surface area contributed by atoms with Gasteiger partial charge in [0, 0.05) is 38.5 Å². The van der Waals surface area contributed by atoms with Crippen LogP contribution in [0.5, 0.6) is 0 Å². The summed E-state index contributed by atoms with van der Waals surface area (Å²) in [4.78, 5) is 14.2. The molecular formula is C15H23N3O2. The number of nitrogens with zero attached hydrogens (tertiary/aromatic N) is 1. The predicted molar refractivity (Wildman–Crippen MR) is 79.8 cm³/mol. The molecule has 110 valence electrons. The highest BCUT2D eigenvalue weighted by atomic mass is 16.5. The summed E-state index contributed by atoms with van der Waals surface area (Å²) < 4.78 is 5.03. The molecule has 2 rings (SSSR count). The van der Waals surface area contributed by atoms with Gasteiger partial charge in [0.15, 0.2) is 0 Å². The highest BCUT2D eigenvalue weighted by Crippen LogP contribution is 2.21. The number of nitrogens with one attached hydrogen (secondary N) is 2. The molecule has 1 aromatic carbocycles. The van der Waals surface area contributed by atoms with Gasteiger partial charge in [0.25, 0.3) is 0 Å². The van der Waals surface area contributed by atoms with Crippen molar-refractivity contribution >= 4 is 11.6 Å². The molecule has 1 atom stereocenters. The Hall–Kier alpha value is -1.59. The van der Waals surface area contributed by atoms with E-state index in [9.17, 15) is 4.79 Å². The molecule has 0 spiro atoms. The zero-order chi connectivity index (χ0) is 14.4. The fraction of sp³-hybridized carbons (Fsp3) is 0.533. The van der Waals surface area contributed by atoms with Crippen LogP contribution >= 0.6 is 0 Å². The number of fused-ring (bicyclic) bond motifs is 1. The van der Waals surface area contributed by atoms with Gasteiger partial charge < -0.3 is 20.3 Å². The molecule has 2 N–H and O–H groups in total. The number of rotatable bonds is 5. The molecule has 0 bridgehead atoms. The van der Waals surface area contributed by atoms with Crippen LogP contribution in [0, 0.1) is 0 Å². The molecule has 0 fully saturated rings. The van der Waals surface area contributed by atoms with Crippen LogP contribution in [-0.4, -0.2) is 45.3 Å². The number of anilines is 1. The van der Waals surface area contributed by atoms with E-state index in [0.29, 0.717) is 13.2 Å². The van der Waals surface area contributed by atoms with Crippen molar-refractivity contribution in [3.63, 3.8) is 0 Å². The lowest BCUT2D eigenvalue weighted by Crippen LogP contribution is -2.43. The summed E-state index contributed by atoms with van der Waals surface area (Å²) in [6, 6.07) is 8.26. The van der Waals surface area contributed by atoms with Gasteiger partial charge in [-0.05, 0) is 18.6 Å². The van der Waals surface area contributed by atoms with Crippen LogP contribution in [0.15, 0.2) is 24.3 Å². The smallest absolute Gasteiger partial charge is 0.239 e. The molecule has 1 aliphatic heterocycles. The largest absolute Gasteiger partial charge is 0.383 e. The Labute approximate surface area is 120 Å². The quantitative estimate of drug-likeness (QED) is 0.834. The van der Waals surface area contributed by atoms with Crippen LogP contribution in [0.3, 0.4) is 0 Å². The molecule has 1 aliphatic rings. The third-order valence-electron chi connectivity index (χ3n) is 3.36. The van der Waals surface area contributed by atoms with E-state index in [1.807, 2.05) is 19.1 Å². The van der Waals surface area contributed by atoms with Crippen molar-refractivity contribution in [3.8, 4) is 0 Å². The van der Waals surface area contributed by atoms with E-state index in [1.54, 1.807) is 7.11 Å². The normalized spacial score (nSPS) is 16.2.